The molecule has 0 spiro atoms. The number of carboxylic acids is 1. The van der Waals surface area contributed by atoms with Crippen LogP contribution in [0.2, 0.25) is 0 Å². The maximum absolute atomic E-state index is 11.1. The van der Waals surface area contributed by atoms with Gasteiger partial charge in [-0.15, -0.1) is 0 Å². The van der Waals surface area contributed by atoms with Crippen molar-refractivity contribution in [3.8, 4) is 5.75 Å². The van der Waals surface area contributed by atoms with Crippen molar-refractivity contribution in [3.63, 3.8) is 0 Å². The Balaban J connectivity index is 1.97. The molecule has 0 aromatic heterocycles. The van der Waals surface area contributed by atoms with Crippen molar-refractivity contribution in [2.24, 2.45) is 5.92 Å². The molecule has 0 aliphatic heterocycles. The van der Waals surface area contributed by atoms with E-state index in [4.69, 9.17) is 15.6 Å². The highest BCUT2D eigenvalue weighted by Gasteiger charge is 2.17. The van der Waals surface area contributed by atoms with Crippen molar-refractivity contribution >= 4 is 11.7 Å². The number of aromatic carboxylic acids is 1. The summed E-state index contributed by atoms with van der Waals surface area (Å²) in [5.41, 5.74) is 6.30. The van der Waals surface area contributed by atoms with Crippen LogP contribution < -0.4 is 10.5 Å². The van der Waals surface area contributed by atoms with Crippen LogP contribution >= 0.6 is 0 Å². The number of nitrogen functional groups attached to an aromatic ring is 1. The molecule has 0 atom stereocenters. The average Bonchev–Trinajstić information content (AvgIpc) is 2.84. The highest BCUT2D eigenvalue weighted by atomic mass is 16.5. The van der Waals surface area contributed by atoms with E-state index in [0.717, 1.165) is 12.3 Å². The van der Waals surface area contributed by atoms with E-state index in [0.29, 0.717) is 18.0 Å². The lowest BCUT2D eigenvalue weighted by molar-refractivity contribution is 0.0692. The molecule has 0 heterocycles. The van der Waals surface area contributed by atoms with Crippen LogP contribution in [0.1, 0.15) is 42.5 Å². The first-order valence-electron chi connectivity index (χ1n) is 6.43. The van der Waals surface area contributed by atoms with Crippen LogP contribution in [0.25, 0.3) is 0 Å². The SMILES string of the molecule is Nc1cccc(C(=O)O)c1OCCC1CCCC1. The van der Waals surface area contributed by atoms with Gasteiger partial charge in [0.1, 0.15) is 5.56 Å². The molecule has 98 valence electrons. The molecule has 1 saturated carbocycles. The molecule has 3 N–H and O–H groups in total. The van der Waals surface area contributed by atoms with Crippen LogP contribution in [-0.2, 0) is 0 Å². The van der Waals surface area contributed by atoms with Crippen molar-refractivity contribution in [2.45, 2.75) is 32.1 Å². The molecule has 1 fully saturated rings. The highest BCUT2D eigenvalue weighted by molar-refractivity contribution is 5.93. The topological polar surface area (TPSA) is 72.6 Å². The van der Waals surface area contributed by atoms with E-state index in [1.54, 1.807) is 12.1 Å². The molecular formula is C14H19NO3. The number of ether oxygens (including phenoxy) is 1. The van der Waals surface area contributed by atoms with E-state index >= 15 is 0 Å². The standard InChI is InChI=1S/C14H19NO3/c15-12-7-3-6-11(14(16)17)13(12)18-9-8-10-4-1-2-5-10/h3,6-7,10H,1-2,4-5,8-9,15H2,(H,16,17). The van der Waals surface area contributed by atoms with E-state index < -0.39 is 5.97 Å². The second kappa shape index (κ2) is 5.76. The lowest BCUT2D eigenvalue weighted by Crippen LogP contribution is -2.09. The van der Waals surface area contributed by atoms with E-state index in [9.17, 15) is 4.79 Å². The first-order chi connectivity index (χ1) is 8.68. The van der Waals surface area contributed by atoms with E-state index in [-0.39, 0.29) is 5.56 Å². The first kappa shape index (κ1) is 12.7. The molecule has 1 aliphatic carbocycles. The molecule has 1 aromatic carbocycles. The second-order valence-corrected chi connectivity index (χ2v) is 4.82. The second-order valence-electron chi connectivity index (χ2n) is 4.82. The zero-order valence-electron chi connectivity index (χ0n) is 10.4. The van der Waals surface area contributed by atoms with Crippen molar-refractivity contribution in [2.75, 3.05) is 12.3 Å². The summed E-state index contributed by atoms with van der Waals surface area (Å²) in [5.74, 6) is 0.0318. The van der Waals surface area contributed by atoms with Gasteiger partial charge in [-0.1, -0.05) is 31.7 Å². The van der Waals surface area contributed by atoms with E-state index in [1.807, 2.05) is 0 Å². The highest BCUT2D eigenvalue weighted by Crippen LogP contribution is 2.30. The summed E-state index contributed by atoms with van der Waals surface area (Å²) in [6.45, 7) is 0.541. The van der Waals surface area contributed by atoms with Crippen molar-refractivity contribution in [1.82, 2.24) is 0 Å². The molecule has 4 heteroatoms. The monoisotopic (exact) mass is 249 g/mol. The molecule has 0 unspecified atom stereocenters. The zero-order chi connectivity index (χ0) is 13.0. The van der Waals surface area contributed by atoms with Crippen LogP contribution in [0.15, 0.2) is 18.2 Å². The van der Waals surface area contributed by atoms with Gasteiger partial charge < -0.3 is 15.6 Å². The number of hydrogen-bond acceptors (Lipinski definition) is 3. The van der Waals surface area contributed by atoms with Crippen LogP contribution in [-0.4, -0.2) is 17.7 Å². The first-order valence-corrected chi connectivity index (χ1v) is 6.43. The summed E-state index contributed by atoms with van der Waals surface area (Å²) in [4.78, 5) is 11.1. The average molecular weight is 249 g/mol. The molecule has 0 radical (unpaired) electrons. The van der Waals surface area contributed by atoms with Crippen LogP contribution in [0, 0.1) is 5.92 Å². The van der Waals surface area contributed by atoms with Gasteiger partial charge in [0.2, 0.25) is 0 Å². The third-order valence-electron chi connectivity index (χ3n) is 3.52. The van der Waals surface area contributed by atoms with Gasteiger partial charge in [-0.2, -0.15) is 0 Å². The third kappa shape index (κ3) is 2.94. The minimum atomic E-state index is -1.00. The summed E-state index contributed by atoms with van der Waals surface area (Å²) in [7, 11) is 0. The van der Waals surface area contributed by atoms with Gasteiger partial charge in [-0.05, 0) is 24.5 Å². The molecule has 4 nitrogen and oxygen atoms in total. The summed E-state index contributed by atoms with van der Waals surface area (Å²) in [5, 5.41) is 9.07. The molecular weight excluding hydrogens is 230 g/mol. The Hall–Kier alpha value is -1.71. The Morgan fingerprint density at radius 3 is 2.78 bits per heavy atom. The minimum absolute atomic E-state index is 0.140. The van der Waals surface area contributed by atoms with E-state index in [1.165, 1.54) is 31.7 Å². The Morgan fingerprint density at radius 2 is 2.11 bits per heavy atom. The maximum atomic E-state index is 11.1. The quantitative estimate of drug-likeness (QED) is 0.787. The molecule has 0 bridgehead atoms. The van der Waals surface area contributed by atoms with Gasteiger partial charge in [0, 0.05) is 0 Å². The van der Waals surface area contributed by atoms with Crippen LogP contribution in [0.4, 0.5) is 5.69 Å². The minimum Gasteiger partial charge on any atom is -0.491 e. The fourth-order valence-electron chi connectivity index (χ4n) is 2.51. The van der Waals surface area contributed by atoms with Gasteiger partial charge >= 0.3 is 5.97 Å². The number of anilines is 1. The number of carboxylic acid groups (broad SMARTS) is 1. The number of nitrogens with two attached hydrogens (primary N) is 1. The van der Waals surface area contributed by atoms with Crippen molar-refractivity contribution in [1.29, 1.82) is 0 Å². The van der Waals surface area contributed by atoms with Gasteiger partial charge in [0.15, 0.2) is 5.75 Å². The van der Waals surface area contributed by atoms with Crippen LogP contribution in [0.5, 0.6) is 5.75 Å². The van der Waals surface area contributed by atoms with Gasteiger partial charge in [0.25, 0.3) is 0 Å². The Morgan fingerprint density at radius 1 is 1.39 bits per heavy atom. The summed E-state index contributed by atoms with van der Waals surface area (Å²) < 4.78 is 5.59. The Labute approximate surface area is 107 Å². The summed E-state index contributed by atoms with van der Waals surface area (Å²) in [6, 6.07) is 4.81. The van der Waals surface area contributed by atoms with Crippen LogP contribution in [0.3, 0.4) is 0 Å². The maximum Gasteiger partial charge on any atom is 0.339 e. The normalized spacial score (nSPS) is 15.8. The van der Waals surface area contributed by atoms with Crippen molar-refractivity contribution in [3.05, 3.63) is 23.8 Å². The fourth-order valence-corrected chi connectivity index (χ4v) is 2.51. The van der Waals surface area contributed by atoms with Crippen molar-refractivity contribution < 1.29 is 14.6 Å². The Bertz CT molecular complexity index is 425. The smallest absolute Gasteiger partial charge is 0.339 e. The lowest BCUT2D eigenvalue weighted by atomic mass is 10.1. The third-order valence-corrected chi connectivity index (χ3v) is 3.52. The Kier molecular flexibility index (Phi) is 4.07. The summed E-state index contributed by atoms with van der Waals surface area (Å²) >= 11 is 0. The molecule has 0 amide bonds. The van der Waals surface area contributed by atoms with Gasteiger partial charge in [-0.3, -0.25) is 0 Å². The summed E-state index contributed by atoms with van der Waals surface area (Å²) in [6.07, 6.45) is 6.11. The van der Waals surface area contributed by atoms with Gasteiger partial charge in [0.05, 0.1) is 12.3 Å². The molecule has 1 aromatic rings. The number of carbonyl (C=O) groups is 1. The predicted molar refractivity (Wildman–Crippen MR) is 69.9 cm³/mol. The largest absolute Gasteiger partial charge is 0.491 e. The molecule has 0 saturated heterocycles. The lowest BCUT2D eigenvalue weighted by Gasteiger charge is -2.13. The molecule has 1 aliphatic rings. The molecule has 18 heavy (non-hydrogen) atoms. The zero-order valence-corrected chi connectivity index (χ0v) is 10.4. The number of benzene rings is 1. The number of para-hydroxylation sites is 1. The number of rotatable bonds is 5. The molecule has 2 rings (SSSR count). The van der Waals surface area contributed by atoms with Gasteiger partial charge in [-0.25, -0.2) is 4.79 Å². The predicted octanol–water partition coefficient (Wildman–Crippen LogP) is 2.93. The fraction of sp³-hybridized carbons (Fsp3) is 0.500. The number of hydrogen-bond donors (Lipinski definition) is 2. The van der Waals surface area contributed by atoms with E-state index in [2.05, 4.69) is 0 Å².